The second kappa shape index (κ2) is 37.8. The number of esters is 2. The molecule has 2 aliphatic heterocycles. The van der Waals surface area contributed by atoms with Crippen molar-refractivity contribution in [2.24, 2.45) is 59.2 Å². The van der Waals surface area contributed by atoms with Crippen LogP contribution in [0, 0.1) is 71.3 Å². The topological polar surface area (TPSA) is 149 Å². The van der Waals surface area contributed by atoms with Gasteiger partial charge in [0.25, 0.3) is 0 Å². The zero-order valence-corrected chi connectivity index (χ0v) is 50.7. The third-order valence-electron chi connectivity index (χ3n) is 13.1. The Kier molecular flexibility index (Phi) is 36.7. The van der Waals surface area contributed by atoms with Gasteiger partial charge >= 0.3 is 19.5 Å². The van der Waals surface area contributed by atoms with Crippen molar-refractivity contribution in [1.29, 1.82) is 0 Å². The van der Waals surface area contributed by atoms with Crippen molar-refractivity contribution >= 4 is 31.9 Å². The largest absolute Gasteiger partial charge is 0.462 e. The molecule has 15 heteroatoms. The van der Waals surface area contributed by atoms with Gasteiger partial charge in [-0.05, 0) is 94.4 Å². The van der Waals surface area contributed by atoms with Gasteiger partial charge in [-0.1, -0.05) is 104 Å². The number of methoxy groups -OCH3 is 2. The number of cyclic esters (lactones) is 2. The van der Waals surface area contributed by atoms with Crippen molar-refractivity contribution in [3.05, 3.63) is 66.3 Å². The average Bonchev–Trinajstić information content (AvgIpc) is 3.77. The first-order valence-electron chi connectivity index (χ1n) is 25.2. The number of rotatable bonds is 9. The van der Waals surface area contributed by atoms with Crippen molar-refractivity contribution in [3.8, 4) is 0 Å². The number of nitrogens with zero attached hydrogens (tertiary/aromatic N) is 2. The molecule has 12 nitrogen and oxygen atoms in total. The predicted molar refractivity (Wildman–Crippen MR) is 266 cm³/mol. The van der Waals surface area contributed by atoms with Gasteiger partial charge in [-0.3, -0.25) is 24.1 Å². The zero-order chi connectivity index (χ0) is 49.8. The van der Waals surface area contributed by atoms with Gasteiger partial charge in [-0.15, -0.1) is 0 Å². The van der Waals surface area contributed by atoms with Crippen LogP contribution in [0.5, 0.6) is 0 Å². The van der Waals surface area contributed by atoms with Crippen LogP contribution in [-0.4, -0.2) is 82.1 Å². The summed E-state index contributed by atoms with van der Waals surface area (Å²) < 4.78 is 41.9. The predicted octanol–water partition coefficient (Wildman–Crippen LogP) is 12.1. The number of aromatic nitrogens is 2. The molecule has 69 heavy (non-hydrogen) atoms. The Morgan fingerprint density at radius 3 is 1.51 bits per heavy atom. The minimum Gasteiger partial charge on any atom is -0.462 e. The third-order valence-corrected chi connectivity index (χ3v) is 15.1. The van der Waals surface area contributed by atoms with Gasteiger partial charge in [-0.25, -0.2) is 24.3 Å². The molecule has 2 aromatic rings. The van der Waals surface area contributed by atoms with Crippen molar-refractivity contribution in [1.82, 2.24) is 9.97 Å². The molecule has 12 atom stereocenters. The van der Waals surface area contributed by atoms with E-state index < -0.39 is 7.60 Å². The molecule has 2 saturated heterocycles. The molecule has 0 aromatic carbocycles. The molecule has 2 aromatic heterocycles. The van der Waals surface area contributed by atoms with E-state index in [4.69, 9.17) is 18.5 Å². The fourth-order valence-electron chi connectivity index (χ4n) is 10.9. The fraction of sp³-hybridized carbons (Fsp3) is 0.722. The Morgan fingerprint density at radius 2 is 1.10 bits per heavy atom. The third kappa shape index (κ3) is 21.6. The van der Waals surface area contributed by atoms with Gasteiger partial charge in [0.2, 0.25) is 0 Å². The molecular weight excluding hydrogens is 1240 g/mol. The van der Waals surface area contributed by atoms with Gasteiger partial charge in [-0.2, -0.15) is 12.1 Å². The van der Waals surface area contributed by atoms with E-state index in [1.165, 1.54) is 64.0 Å². The first-order valence-corrected chi connectivity index (χ1v) is 26.9. The molecule has 392 valence electrons. The molecule has 0 radical (unpaired) electrons. The van der Waals surface area contributed by atoms with Crippen LogP contribution in [0.1, 0.15) is 144 Å². The monoisotopic (exact) mass is 1320 g/mol. The molecule has 0 amide bonds. The van der Waals surface area contributed by atoms with E-state index in [1.807, 2.05) is 19.1 Å². The first kappa shape index (κ1) is 67.1. The summed E-state index contributed by atoms with van der Waals surface area (Å²) in [4.78, 5) is 43.9. The molecule has 0 unspecified atom stereocenters. The van der Waals surface area contributed by atoms with Crippen LogP contribution in [-0.2, 0) is 95.2 Å². The normalized spacial score (nSPS) is 28.9. The summed E-state index contributed by atoms with van der Waals surface area (Å²) in [5.41, 5.74) is 1.66. The van der Waals surface area contributed by atoms with Gasteiger partial charge in [0, 0.05) is 88.3 Å². The second-order valence-corrected chi connectivity index (χ2v) is 20.5. The summed E-state index contributed by atoms with van der Waals surface area (Å²) >= 11 is 0. The summed E-state index contributed by atoms with van der Waals surface area (Å²) in [5.74, 6) is 3.56. The van der Waals surface area contributed by atoms with Crippen molar-refractivity contribution < 1.29 is 89.1 Å². The minimum absolute atomic E-state index is 0. The van der Waals surface area contributed by atoms with Crippen LogP contribution in [0.4, 0.5) is 0 Å². The SMILES string of the molecule is CCC.CCC.CCOP(=O)(Cc1cc[c-]cn1)OCC.COC.COC.C[C@H]1OC(=O)[C@@H]2C[C@@H]3CCCC[C@H]3[C@H](/C=C/c3cc[c-]cn3)[C@H]12.C[C@H]1OC(=O)[C@@H]2C[C@@H]3CCCC[C@H]3[C@H](C=O)[C@H]12.[W].[W]. The Labute approximate surface area is 446 Å². The standard InChI is InChI=1S/C20H24NO2.C14H20O3.C10H15NO3P.2C3H8.2C2H6O.2W/c1-13-19-17(10-9-15-7-4-5-11-21-15)16-8-3-2-6-14(16)12-18(19)20(22)23-13;1-8-13-11(14(16)17-8)6-9-4-2-3-5-10(9)12(13)7-15;1-3-13-15(12,14-4-2)9-10-7-5-6-8-11-10;4*1-3-2;;/h4,7,9-11,13-14,16-19H,2-3,6,8,12H2,1H3;7-13H,2-6H2,1H3;5,7-8H,3-4,9H2,1-2H3;2*3H2,1-2H3;2*1-2H3;;/q-1;;-1;;;;;;/b10-9+;;;;;;;;/t13-,14+,16-,17+,18-,19+;8-,9+,10-,11-,12+,13-;;;;;;;/m11......./s1. The molecule has 4 aliphatic carbocycles. The molecule has 0 bridgehead atoms. The van der Waals surface area contributed by atoms with Gasteiger partial charge in [0.1, 0.15) is 18.5 Å². The second-order valence-electron chi connectivity index (χ2n) is 18.5. The van der Waals surface area contributed by atoms with Crippen molar-refractivity contribution in [3.63, 3.8) is 0 Å². The number of carbonyl (C=O) groups is 3. The maximum absolute atomic E-state index is 12.3. The number of aldehydes is 1. The summed E-state index contributed by atoms with van der Waals surface area (Å²) in [5, 5.41) is 0. The molecule has 4 heterocycles. The number of hydrogen-bond donors (Lipinski definition) is 0. The van der Waals surface area contributed by atoms with E-state index in [0.29, 0.717) is 54.4 Å². The number of pyridine rings is 2. The molecule has 6 fully saturated rings. The van der Waals surface area contributed by atoms with E-state index in [-0.39, 0.29) is 96.1 Å². The molecule has 8 rings (SSSR count). The Hall–Kier alpha value is -1.90. The Morgan fingerprint density at radius 1 is 0.681 bits per heavy atom. The smallest absolute Gasteiger partial charge is 0.334 e. The number of fused-ring (bicyclic) bond motifs is 4. The average molecular weight is 1320 g/mol. The quantitative estimate of drug-likeness (QED) is 0.102. The Bertz CT molecular complexity index is 1710. The van der Waals surface area contributed by atoms with Crippen LogP contribution < -0.4 is 0 Å². The maximum Gasteiger partial charge on any atom is 0.334 e. The van der Waals surface area contributed by atoms with Crippen LogP contribution >= 0.6 is 7.60 Å². The van der Waals surface area contributed by atoms with Crippen molar-refractivity contribution in [2.45, 2.75) is 151 Å². The van der Waals surface area contributed by atoms with Gasteiger partial charge in [0.15, 0.2) is 0 Å². The van der Waals surface area contributed by atoms with Crippen molar-refractivity contribution in [2.75, 3.05) is 41.7 Å². The zero-order valence-electron chi connectivity index (χ0n) is 44.0. The van der Waals surface area contributed by atoms with E-state index >= 15 is 0 Å². The van der Waals surface area contributed by atoms with E-state index in [1.54, 1.807) is 60.6 Å². The molecule has 0 spiro atoms. The van der Waals surface area contributed by atoms with Gasteiger partial charge in [0.05, 0.1) is 31.2 Å². The van der Waals surface area contributed by atoms with Crippen LogP contribution in [0.15, 0.2) is 42.7 Å². The fourth-order valence-corrected chi connectivity index (χ4v) is 12.5. The van der Waals surface area contributed by atoms with Crippen LogP contribution in [0.25, 0.3) is 6.08 Å². The number of carbonyl (C=O) groups excluding carboxylic acids is 3. The number of hydrogen-bond acceptors (Lipinski definition) is 12. The summed E-state index contributed by atoms with van der Waals surface area (Å²) in [6, 6.07) is 13.1. The molecular formula is C54H87N2O10PW2-2. The molecule has 4 saturated carbocycles. The number of allylic oxidation sites excluding steroid dienone is 1. The van der Waals surface area contributed by atoms with E-state index in [0.717, 1.165) is 31.2 Å². The van der Waals surface area contributed by atoms with Crippen LogP contribution in [0.2, 0.25) is 0 Å². The molecule has 0 N–H and O–H groups in total. The van der Waals surface area contributed by atoms with E-state index in [9.17, 15) is 18.9 Å². The number of ether oxygens (including phenoxy) is 4. The molecule has 6 aliphatic rings. The summed E-state index contributed by atoms with van der Waals surface area (Å²) in [7, 11) is 3.48. The summed E-state index contributed by atoms with van der Waals surface area (Å²) in [6.45, 7) is 16.8. The van der Waals surface area contributed by atoms with Gasteiger partial charge < -0.3 is 32.8 Å². The van der Waals surface area contributed by atoms with Crippen LogP contribution in [0.3, 0.4) is 0 Å². The first-order chi connectivity index (χ1) is 32.3. The maximum atomic E-state index is 12.3. The summed E-state index contributed by atoms with van der Waals surface area (Å²) in [6.07, 6.45) is 23.6. The van der Waals surface area contributed by atoms with E-state index in [2.05, 4.69) is 78.3 Å². The minimum atomic E-state index is -3.02. The Balaban J connectivity index is 0.000000904.